The summed E-state index contributed by atoms with van der Waals surface area (Å²) in [6, 6.07) is 6.87. The van der Waals surface area contributed by atoms with Crippen LogP contribution < -0.4 is 10.1 Å². The molecule has 0 bridgehead atoms. The number of benzene rings is 1. The fourth-order valence-electron chi connectivity index (χ4n) is 1.88. The van der Waals surface area contributed by atoms with E-state index in [0.29, 0.717) is 17.9 Å². The summed E-state index contributed by atoms with van der Waals surface area (Å²) < 4.78 is 5.03. The molecule has 0 aliphatic heterocycles. The predicted molar refractivity (Wildman–Crippen MR) is 80.5 cm³/mol. The van der Waals surface area contributed by atoms with Crippen LogP contribution in [0.3, 0.4) is 0 Å². The molecule has 0 radical (unpaired) electrons. The first-order valence-electron chi connectivity index (χ1n) is 7.22. The highest BCUT2D eigenvalue weighted by Gasteiger charge is 2.09. The van der Waals surface area contributed by atoms with Gasteiger partial charge in [0.1, 0.15) is 5.75 Å². The Morgan fingerprint density at radius 3 is 2.43 bits per heavy atom. The SMILES string of the molecule is COc1ccc(C(=O)CCC(=O)NCCCCCO)cc1. The van der Waals surface area contributed by atoms with Gasteiger partial charge in [0.2, 0.25) is 5.91 Å². The monoisotopic (exact) mass is 293 g/mol. The van der Waals surface area contributed by atoms with Gasteiger partial charge in [-0.3, -0.25) is 9.59 Å². The number of unbranched alkanes of at least 4 members (excludes halogenated alkanes) is 2. The van der Waals surface area contributed by atoms with Crippen molar-refractivity contribution in [3.63, 3.8) is 0 Å². The minimum Gasteiger partial charge on any atom is -0.497 e. The average Bonchev–Trinajstić information content (AvgIpc) is 2.52. The van der Waals surface area contributed by atoms with Crippen molar-refractivity contribution >= 4 is 11.7 Å². The average molecular weight is 293 g/mol. The van der Waals surface area contributed by atoms with Gasteiger partial charge in [-0.2, -0.15) is 0 Å². The number of amides is 1. The van der Waals surface area contributed by atoms with Gasteiger partial charge in [-0.25, -0.2) is 0 Å². The number of aliphatic hydroxyl groups excluding tert-OH is 1. The lowest BCUT2D eigenvalue weighted by Gasteiger charge is -2.05. The van der Waals surface area contributed by atoms with Crippen molar-refractivity contribution in [2.45, 2.75) is 32.1 Å². The molecule has 0 fully saturated rings. The molecule has 1 aromatic rings. The Kier molecular flexibility index (Phi) is 8.12. The van der Waals surface area contributed by atoms with Crippen LogP contribution >= 0.6 is 0 Å². The topological polar surface area (TPSA) is 75.6 Å². The molecule has 5 heteroatoms. The van der Waals surface area contributed by atoms with Crippen LogP contribution in [0, 0.1) is 0 Å². The van der Waals surface area contributed by atoms with E-state index in [1.807, 2.05) is 0 Å². The molecular formula is C16H23NO4. The van der Waals surface area contributed by atoms with E-state index in [1.165, 1.54) is 0 Å². The lowest BCUT2D eigenvalue weighted by Crippen LogP contribution is -2.24. The summed E-state index contributed by atoms with van der Waals surface area (Å²) in [7, 11) is 1.57. The van der Waals surface area contributed by atoms with E-state index < -0.39 is 0 Å². The molecule has 0 unspecified atom stereocenters. The van der Waals surface area contributed by atoms with E-state index >= 15 is 0 Å². The molecule has 0 spiro atoms. The molecule has 1 rings (SSSR count). The molecule has 0 atom stereocenters. The number of carbonyl (C=O) groups excluding carboxylic acids is 2. The Morgan fingerprint density at radius 2 is 1.81 bits per heavy atom. The van der Waals surface area contributed by atoms with Crippen molar-refractivity contribution in [1.82, 2.24) is 5.32 Å². The zero-order chi connectivity index (χ0) is 15.5. The van der Waals surface area contributed by atoms with Gasteiger partial charge in [-0.05, 0) is 43.5 Å². The van der Waals surface area contributed by atoms with Crippen LogP contribution in [-0.2, 0) is 4.79 Å². The molecule has 116 valence electrons. The summed E-state index contributed by atoms with van der Waals surface area (Å²) in [6.07, 6.45) is 2.89. The lowest BCUT2D eigenvalue weighted by molar-refractivity contribution is -0.121. The number of methoxy groups -OCH3 is 1. The van der Waals surface area contributed by atoms with Crippen LogP contribution in [-0.4, -0.2) is 37.1 Å². The van der Waals surface area contributed by atoms with Gasteiger partial charge in [0, 0.05) is 31.6 Å². The summed E-state index contributed by atoms with van der Waals surface area (Å²) >= 11 is 0. The number of rotatable bonds is 10. The number of Topliss-reactive ketones (excluding diaryl/α,β-unsaturated/α-hetero) is 1. The van der Waals surface area contributed by atoms with E-state index in [0.717, 1.165) is 19.3 Å². The second kappa shape index (κ2) is 9.94. The molecule has 5 nitrogen and oxygen atoms in total. The third-order valence-electron chi connectivity index (χ3n) is 3.15. The number of ether oxygens (including phenoxy) is 1. The molecule has 0 aromatic heterocycles. The molecular weight excluding hydrogens is 270 g/mol. The van der Waals surface area contributed by atoms with Gasteiger partial charge < -0.3 is 15.2 Å². The normalized spacial score (nSPS) is 10.2. The second-order valence-electron chi connectivity index (χ2n) is 4.79. The van der Waals surface area contributed by atoms with Gasteiger partial charge in [0.05, 0.1) is 7.11 Å². The summed E-state index contributed by atoms with van der Waals surface area (Å²) in [6.45, 7) is 0.778. The summed E-state index contributed by atoms with van der Waals surface area (Å²) in [5.41, 5.74) is 0.589. The quantitative estimate of drug-likeness (QED) is 0.510. The van der Waals surface area contributed by atoms with Crippen molar-refractivity contribution in [2.75, 3.05) is 20.3 Å². The molecule has 2 N–H and O–H groups in total. The van der Waals surface area contributed by atoms with Crippen molar-refractivity contribution in [2.24, 2.45) is 0 Å². The van der Waals surface area contributed by atoms with E-state index in [2.05, 4.69) is 5.32 Å². The van der Waals surface area contributed by atoms with Crippen molar-refractivity contribution < 1.29 is 19.4 Å². The fraction of sp³-hybridized carbons (Fsp3) is 0.500. The number of carbonyl (C=O) groups is 2. The van der Waals surface area contributed by atoms with Crippen LogP contribution in [0.25, 0.3) is 0 Å². The third kappa shape index (κ3) is 6.90. The maximum absolute atomic E-state index is 11.9. The molecule has 0 saturated carbocycles. The molecule has 1 amide bonds. The van der Waals surface area contributed by atoms with Crippen molar-refractivity contribution in [1.29, 1.82) is 0 Å². The zero-order valence-corrected chi connectivity index (χ0v) is 12.4. The van der Waals surface area contributed by atoms with Crippen LogP contribution in [0.15, 0.2) is 24.3 Å². The molecule has 21 heavy (non-hydrogen) atoms. The Hall–Kier alpha value is -1.88. The number of hydrogen-bond acceptors (Lipinski definition) is 4. The first-order chi connectivity index (χ1) is 10.2. The summed E-state index contributed by atoms with van der Waals surface area (Å²) in [4.78, 5) is 23.5. The highest BCUT2D eigenvalue weighted by atomic mass is 16.5. The second-order valence-corrected chi connectivity index (χ2v) is 4.79. The van der Waals surface area contributed by atoms with Gasteiger partial charge in [0.25, 0.3) is 0 Å². The minimum absolute atomic E-state index is 0.0481. The summed E-state index contributed by atoms with van der Waals surface area (Å²) in [5.74, 6) is 0.543. The maximum atomic E-state index is 11.9. The fourth-order valence-corrected chi connectivity index (χ4v) is 1.88. The lowest BCUT2D eigenvalue weighted by atomic mass is 10.1. The number of ketones is 1. The molecule has 0 saturated heterocycles. The zero-order valence-electron chi connectivity index (χ0n) is 12.4. The van der Waals surface area contributed by atoms with Crippen LogP contribution in [0.1, 0.15) is 42.5 Å². The largest absolute Gasteiger partial charge is 0.497 e. The highest BCUT2D eigenvalue weighted by molar-refractivity contribution is 5.98. The van der Waals surface area contributed by atoms with Gasteiger partial charge >= 0.3 is 0 Å². The van der Waals surface area contributed by atoms with E-state index in [4.69, 9.17) is 9.84 Å². The number of aliphatic hydroxyl groups is 1. The minimum atomic E-state index is -0.110. The standard InChI is InChI=1S/C16H23NO4/c1-21-14-7-5-13(6-8-14)15(19)9-10-16(20)17-11-3-2-4-12-18/h5-8,18H,2-4,9-12H2,1H3,(H,17,20). The summed E-state index contributed by atoms with van der Waals surface area (Å²) in [5, 5.41) is 11.4. The van der Waals surface area contributed by atoms with Crippen LogP contribution in [0.5, 0.6) is 5.75 Å². The third-order valence-corrected chi connectivity index (χ3v) is 3.15. The van der Waals surface area contributed by atoms with Gasteiger partial charge in [-0.1, -0.05) is 0 Å². The van der Waals surface area contributed by atoms with Gasteiger partial charge in [0.15, 0.2) is 5.78 Å². The first kappa shape index (κ1) is 17.2. The molecule has 0 aliphatic rings. The number of hydrogen-bond donors (Lipinski definition) is 2. The Morgan fingerprint density at radius 1 is 1.10 bits per heavy atom. The van der Waals surface area contributed by atoms with E-state index in [1.54, 1.807) is 31.4 Å². The smallest absolute Gasteiger partial charge is 0.220 e. The highest BCUT2D eigenvalue weighted by Crippen LogP contribution is 2.13. The predicted octanol–water partition coefficient (Wildman–Crippen LogP) is 1.94. The first-order valence-corrected chi connectivity index (χ1v) is 7.22. The van der Waals surface area contributed by atoms with E-state index in [-0.39, 0.29) is 31.1 Å². The van der Waals surface area contributed by atoms with E-state index in [9.17, 15) is 9.59 Å². The molecule has 0 heterocycles. The van der Waals surface area contributed by atoms with Crippen molar-refractivity contribution in [3.8, 4) is 5.75 Å². The Bertz CT molecular complexity index is 442. The molecule has 1 aromatic carbocycles. The Balaban J connectivity index is 2.23. The van der Waals surface area contributed by atoms with Gasteiger partial charge in [-0.15, -0.1) is 0 Å². The maximum Gasteiger partial charge on any atom is 0.220 e. The Labute approximate surface area is 125 Å². The van der Waals surface area contributed by atoms with Crippen LogP contribution in [0.4, 0.5) is 0 Å². The van der Waals surface area contributed by atoms with Crippen molar-refractivity contribution in [3.05, 3.63) is 29.8 Å². The van der Waals surface area contributed by atoms with Crippen LogP contribution in [0.2, 0.25) is 0 Å². The molecule has 0 aliphatic carbocycles. The number of nitrogens with one attached hydrogen (secondary N) is 1.